The third-order valence-corrected chi connectivity index (χ3v) is 2.35. The maximum atomic E-state index is 11.5. The number of carbonyl (C=O) groups excluding carboxylic acids is 2. The van der Waals surface area contributed by atoms with E-state index >= 15 is 0 Å². The van der Waals surface area contributed by atoms with Crippen molar-refractivity contribution in [2.24, 2.45) is 5.73 Å². The van der Waals surface area contributed by atoms with E-state index in [4.69, 9.17) is 5.73 Å². The molecule has 1 aromatic heterocycles. The zero-order chi connectivity index (χ0) is 12.3. The summed E-state index contributed by atoms with van der Waals surface area (Å²) in [6.07, 6.45) is 5.20. The Labute approximate surface area is 98.4 Å². The number of carbonyl (C=O) groups is 2. The molecule has 0 unspecified atom stereocenters. The fourth-order valence-electron chi connectivity index (χ4n) is 1.37. The van der Waals surface area contributed by atoms with Crippen LogP contribution in [0.2, 0.25) is 0 Å². The Bertz CT molecular complexity index is 424. The second kappa shape index (κ2) is 4.96. The summed E-state index contributed by atoms with van der Waals surface area (Å²) in [4.78, 5) is 22.5. The molecule has 92 valence electrons. The fourth-order valence-corrected chi connectivity index (χ4v) is 1.37. The first-order chi connectivity index (χ1) is 8.17. The van der Waals surface area contributed by atoms with E-state index in [2.05, 4.69) is 15.7 Å². The van der Waals surface area contributed by atoms with E-state index in [0.29, 0.717) is 11.7 Å². The van der Waals surface area contributed by atoms with Gasteiger partial charge in [-0.2, -0.15) is 5.10 Å². The van der Waals surface area contributed by atoms with Crippen LogP contribution in [0.25, 0.3) is 0 Å². The second-order valence-electron chi connectivity index (χ2n) is 4.02. The highest BCUT2D eigenvalue weighted by molar-refractivity contribution is 5.91. The Morgan fingerprint density at radius 1 is 1.47 bits per heavy atom. The minimum atomic E-state index is -0.285. The van der Waals surface area contributed by atoms with Gasteiger partial charge in [0, 0.05) is 12.2 Å². The SMILES string of the molecule is NCC(=O)Nc1cnn(CC(=O)NC2CC2)c1. The van der Waals surface area contributed by atoms with Crippen LogP contribution in [0.1, 0.15) is 12.8 Å². The molecule has 0 aromatic carbocycles. The molecular formula is C10H15N5O2. The summed E-state index contributed by atoms with van der Waals surface area (Å²) in [5.74, 6) is -0.348. The Morgan fingerprint density at radius 2 is 2.24 bits per heavy atom. The van der Waals surface area contributed by atoms with Crippen LogP contribution in [0.4, 0.5) is 5.69 Å². The van der Waals surface area contributed by atoms with Gasteiger partial charge in [0.05, 0.1) is 18.4 Å². The number of aromatic nitrogens is 2. The number of hydrogen-bond acceptors (Lipinski definition) is 4. The fraction of sp³-hybridized carbons (Fsp3) is 0.500. The lowest BCUT2D eigenvalue weighted by atomic mass is 10.5. The number of nitrogens with two attached hydrogens (primary N) is 1. The molecule has 1 aromatic rings. The first-order valence-corrected chi connectivity index (χ1v) is 5.49. The van der Waals surface area contributed by atoms with Gasteiger partial charge in [-0.25, -0.2) is 0 Å². The molecule has 0 radical (unpaired) electrons. The molecule has 1 fully saturated rings. The van der Waals surface area contributed by atoms with Crippen LogP contribution in [-0.2, 0) is 16.1 Å². The predicted octanol–water partition coefficient (Wildman–Crippen LogP) is -0.941. The zero-order valence-corrected chi connectivity index (χ0v) is 9.35. The summed E-state index contributed by atoms with van der Waals surface area (Å²) >= 11 is 0. The van der Waals surface area contributed by atoms with Gasteiger partial charge in [-0.1, -0.05) is 0 Å². The Hall–Kier alpha value is -1.89. The van der Waals surface area contributed by atoms with Crippen molar-refractivity contribution in [1.82, 2.24) is 15.1 Å². The van der Waals surface area contributed by atoms with Gasteiger partial charge in [0.25, 0.3) is 0 Å². The molecule has 2 rings (SSSR count). The summed E-state index contributed by atoms with van der Waals surface area (Å²) in [7, 11) is 0. The monoisotopic (exact) mass is 237 g/mol. The molecule has 4 N–H and O–H groups in total. The molecule has 0 aliphatic heterocycles. The smallest absolute Gasteiger partial charge is 0.241 e. The Kier molecular flexibility index (Phi) is 3.38. The van der Waals surface area contributed by atoms with E-state index in [-0.39, 0.29) is 24.9 Å². The van der Waals surface area contributed by atoms with Crippen LogP contribution in [0.15, 0.2) is 12.4 Å². The molecular weight excluding hydrogens is 222 g/mol. The van der Waals surface area contributed by atoms with Crippen LogP contribution in [0.5, 0.6) is 0 Å². The standard InChI is InChI=1S/C10H15N5O2/c11-3-9(16)14-8-4-12-15(5-8)6-10(17)13-7-1-2-7/h4-5,7H,1-3,6,11H2,(H,13,17)(H,14,16). The van der Waals surface area contributed by atoms with Crippen molar-refractivity contribution in [3.63, 3.8) is 0 Å². The number of nitrogens with one attached hydrogen (secondary N) is 2. The van der Waals surface area contributed by atoms with Crippen molar-refractivity contribution in [3.05, 3.63) is 12.4 Å². The van der Waals surface area contributed by atoms with Crippen molar-refractivity contribution in [2.75, 3.05) is 11.9 Å². The molecule has 7 nitrogen and oxygen atoms in total. The zero-order valence-electron chi connectivity index (χ0n) is 9.35. The van der Waals surface area contributed by atoms with Crippen LogP contribution in [0.3, 0.4) is 0 Å². The minimum absolute atomic E-state index is 0.0627. The highest BCUT2D eigenvalue weighted by atomic mass is 16.2. The van der Waals surface area contributed by atoms with E-state index in [9.17, 15) is 9.59 Å². The summed E-state index contributed by atoms with van der Waals surface area (Å²) in [5, 5.41) is 9.39. The van der Waals surface area contributed by atoms with E-state index in [1.165, 1.54) is 10.9 Å². The van der Waals surface area contributed by atoms with Crippen LogP contribution in [0, 0.1) is 0 Å². The molecule has 7 heteroatoms. The molecule has 1 aliphatic carbocycles. The summed E-state index contributed by atoms with van der Waals surface area (Å²) in [6, 6.07) is 0.342. The second-order valence-corrected chi connectivity index (χ2v) is 4.02. The van der Waals surface area contributed by atoms with Gasteiger partial charge in [-0.15, -0.1) is 0 Å². The Balaban J connectivity index is 1.84. The molecule has 2 amide bonds. The number of amides is 2. The molecule has 1 saturated carbocycles. The maximum Gasteiger partial charge on any atom is 0.241 e. The van der Waals surface area contributed by atoms with Gasteiger partial charge in [0.1, 0.15) is 6.54 Å². The topological polar surface area (TPSA) is 102 Å². The molecule has 1 heterocycles. The lowest BCUT2D eigenvalue weighted by Gasteiger charge is -2.02. The first-order valence-electron chi connectivity index (χ1n) is 5.49. The van der Waals surface area contributed by atoms with Gasteiger partial charge in [-0.05, 0) is 12.8 Å². The van der Waals surface area contributed by atoms with Crippen LogP contribution in [-0.4, -0.2) is 34.2 Å². The number of anilines is 1. The highest BCUT2D eigenvalue weighted by Crippen LogP contribution is 2.18. The largest absolute Gasteiger partial charge is 0.352 e. The first kappa shape index (κ1) is 11.6. The maximum absolute atomic E-state index is 11.5. The van der Waals surface area contributed by atoms with Crippen molar-refractivity contribution in [2.45, 2.75) is 25.4 Å². The molecule has 17 heavy (non-hydrogen) atoms. The number of rotatable bonds is 5. The molecule has 0 bridgehead atoms. The van der Waals surface area contributed by atoms with Crippen LogP contribution < -0.4 is 16.4 Å². The molecule has 1 aliphatic rings. The van der Waals surface area contributed by atoms with Gasteiger partial charge in [0.15, 0.2) is 0 Å². The van der Waals surface area contributed by atoms with Crippen LogP contribution >= 0.6 is 0 Å². The van der Waals surface area contributed by atoms with Gasteiger partial charge in [0.2, 0.25) is 11.8 Å². The van der Waals surface area contributed by atoms with E-state index < -0.39 is 0 Å². The predicted molar refractivity (Wildman–Crippen MR) is 61.1 cm³/mol. The summed E-state index contributed by atoms with van der Waals surface area (Å²) < 4.78 is 1.48. The van der Waals surface area contributed by atoms with Crippen molar-refractivity contribution in [1.29, 1.82) is 0 Å². The molecule has 0 atom stereocenters. The lowest BCUT2D eigenvalue weighted by Crippen LogP contribution is -2.29. The highest BCUT2D eigenvalue weighted by Gasteiger charge is 2.23. The average Bonchev–Trinajstić information content (AvgIpc) is 2.99. The van der Waals surface area contributed by atoms with Gasteiger partial charge >= 0.3 is 0 Å². The summed E-state index contributed by atoms with van der Waals surface area (Å²) in [6.45, 7) is 0.0857. The van der Waals surface area contributed by atoms with Gasteiger partial charge < -0.3 is 16.4 Å². The average molecular weight is 237 g/mol. The van der Waals surface area contributed by atoms with Gasteiger partial charge in [-0.3, -0.25) is 14.3 Å². The number of nitrogens with zero attached hydrogens (tertiary/aromatic N) is 2. The third-order valence-electron chi connectivity index (χ3n) is 2.35. The molecule has 0 spiro atoms. The van der Waals surface area contributed by atoms with Crippen molar-refractivity contribution in [3.8, 4) is 0 Å². The molecule has 0 saturated heterocycles. The van der Waals surface area contributed by atoms with E-state index in [0.717, 1.165) is 12.8 Å². The minimum Gasteiger partial charge on any atom is -0.352 e. The third kappa shape index (κ3) is 3.56. The van der Waals surface area contributed by atoms with E-state index in [1.54, 1.807) is 6.20 Å². The van der Waals surface area contributed by atoms with E-state index in [1.807, 2.05) is 0 Å². The number of hydrogen-bond donors (Lipinski definition) is 3. The van der Waals surface area contributed by atoms with Crippen molar-refractivity contribution >= 4 is 17.5 Å². The Morgan fingerprint density at radius 3 is 2.88 bits per heavy atom. The summed E-state index contributed by atoms with van der Waals surface area (Å²) in [5.41, 5.74) is 5.71. The quantitative estimate of drug-likeness (QED) is 0.615. The lowest BCUT2D eigenvalue weighted by molar-refractivity contribution is -0.122. The van der Waals surface area contributed by atoms with Crippen molar-refractivity contribution < 1.29 is 9.59 Å². The normalized spacial score (nSPS) is 14.4.